The molecule has 2 aromatic rings. The molecule has 1 saturated heterocycles. The van der Waals surface area contributed by atoms with Crippen LogP contribution >= 0.6 is 38.9 Å². The zero-order chi connectivity index (χ0) is 13.2. The molecule has 1 unspecified atom stereocenters. The molecule has 1 atom stereocenters. The summed E-state index contributed by atoms with van der Waals surface area (Å²) in [5, 5.41) is 7.04. The lowest BCUT2D eigenvalue weighted by molar-refractivity contribution is 0.0276. The van der Waals surface area contributed by atoms with Crippen molar-refractivity contribution in [1.82, 2.24) is 10.3 Å². The van der Waals surface area contributed by atoms with Gasteiger partial charge in [0.2, 0.25) is 0 Å². The Morgan fingerprint density at radius 3 is 3.11 bits per heavy atom. The monoisotopic (exact) mass is 358 g/mol. The number of morpholine rings is 1. The zero-order valence-electron chi connectivity index (χ0n) is 10.0. The van der Waals surface area contributed by atoms with Crippen molar-refractivity contribution in [3.8, 4) is 11.3 Å². The van der Waals surface area contributed by atoms with Crippen molar-refractivity contribution in [2.45, 2.75) is 6.10 Å². The van der Waals surface area contributed by atoms with Crippen molar-refractivity contribution in [2.24, 2.45) is 0 Å². The first-order valence-corrected chi connectivity index (χ1v) is 8.02. The molecule has 0 radical (unpaired) electrons. The van der Waals surface area contributed by atoms with Crippen molar-refractivity contribution in [1.29, 1.82) is 0 Å². The summed E-state index contributed by atoms with van der Waals surface area (Å²) in [4.78, 5) is 4.65. The summed E-state index contributed by atoms with van der Waals surface area (Å²) in [5.74, 6) is 0. The molecule has 1 aromatic carbocycles. The van der Waals surface area contributed by atoms with E-state index in [1.165, 1.54) is 0 Å². The van der Waals surface area contributed by atoms with Crippen LogP contribution in [0.4, 0.5) is 0 Å². The quantitative estimate of drug-likeness (QED) is 0.883. The molecule has 100 valence electrons. The summed E-state index contributed by atoms with van der Waals surface area (Å²) in [6.45, 7) is 2.47. The van der Waals surface area contributed by atoms with E-state index < -0.39 is 0 Å². The molecule has 0 bridgehead atoms. The fraction of sp³-hybridized carbons (Fsp3) is 0.308. The lowest BCUT2D eigenvalue weighted by Crippen LogP contribution is -2.33. The molecule has 3 nitrogen and oxygen atoms in total. The number of halogens is 2. The number of ether oxygens (including phenoxy) is 1. The summed E-state index contributed by atoms with van der Waals surface area (Å²) >= 11 is 11.3. The third-order valence-electron chi connectivity index (χ3n) is 2.93. The van der Waals surface area contributed by atoms with Gasteiger partial charge in [0.05, 0.1) is 17.3 Å². The number of thiazole rings is 1. The average molecular weight is 360 g/mol. The number of nitrogens with one attached hydrogen (secondary N) is 1. The van der Waals surface area contributed by atoms with Gasteiger partial charge >= 0.3 is 0 Å². The highest BCUT2D eigenvalue weighted by molar-refractivity contribution is 9.10. The lowest BCUT2D eigenvalue weighted by Gasteiger charge is -2.21. The highest BCUT2D eigenvalue weighted by Crippen LogP contribution is 2.33. The Kier molecular flexibility index (Phi) is 4.19. The molecule has 3 rings (SSSR count). The first-order valence-electron chi connectivity index (χ1n) is 5.97. The fourth-order valence-corrected chi connectivity index (χ4v) is 3.62. The highest BCUT2D eigenvalue weighted by atomic mass is 79.9. The molecule has 1 aliphatic heterocycles. The van der Waals surface area contributed by atoms with Crippen molar-refractivity contribution in [3.05, 3.63) is 38.1 Å². The minimum Gasteiger partial charge on any atom is -0.368 e. The third kappa shape index (κ3) is 3.01. The van der Waals surface area contributed by atoms with E-state index in [4.69, 9.17) is 16.3 Å². The van der Waals surface area contributed by atoms with E-state index in [1.54, 1.807) is 11.3 Å². The van der Waals surface area contributed by atoms with E-state index in [0.717, 1.165) is 40.4 Å². The van der Waals surface area contributed by atoms with Gasteiger partial charge in [0.15, 0.2) is 0 Å². The minimum absolute atomic E-state index is 0.0572. The van der Waals surface area contributed by atoms with Crippen LogP contribution in [-0.4, -0.2) is 24.7 Å². The van der Waals surface area contributed by atoms with Crippen molar-refractivity contribution < 1.29 is 4.74 Å². The first-order chi connectivity index (χ1) is 9.24. The molecule has 1 aliphatic rings. The van der Waals surface area contributed by atoms with Gasteiger partial charge in [0, 0.05) is 28.5 Å². The minimum atomic E-state index is 0.0572. The van der Waals surface area contributed by atoms with Gasteiger partial charge in [0.25, 0.3) is 0 Å². The van der Waals surface area contributed by atoms with Gasteiger partial charge in [-0.3, -0.25) is 0 Å². The maximum Gasteiger partial charge on any atom is 0.124 e. The number of benzene rings is 1. The van der Waals surface area contributed by atoms with Crippen LogP contribution in [0.2, 0.25) is 5.02 Å². The van der Waals surface area contributed by atoms with Crippen molar-refractivity contribution in [3.63, 3.8) is 0 Å². The maximum absolute atomic E-state index is 6.25. The van der Waals surface area contributed by atoms with Gasteiger partial charge in [-0.25, -0.2) is 4.98 Å². The second-order valence-electron chi connectivity index (χ2n) is 4.26. The average Bonchev–Trinajstić information content (AvgIpc) is 2.89. The van der Waals surface area contributed by atoms with Crippen LogP contribution in [-0.2, 0) is 4.74 Å². The van der Waals surface area contributed by atoms with Crippen LogP contribution < -0.4 is 5.32 Å². The molecule has 1 N–H and O–H groups in total. The van der Waals surface area contributed by atoms with E-state index in [-0.39, 0.29) is 6.10 Å². The van der Waals surface area contributed by atoms with E-state index in [9.17, 15) is 0 Å². The molecule has 6 heteroatoms. The standard InChI is InChI=1S/C13H12BrClN2OS/c14-8-1-2-9(10(15)5-8)11-7-19-13(17-11)12-6-16-3-4-18-12/h1-2,5,7,12,16H,3-4,6H2. The number of hydrogen-bond acceptors (Lipinski definition) is 4. The van der Waals surface area contributed by atoms with E-state index in [0.29, 0.717) is 5.02 Å². The third-order valence-corrected chi connectivity index (χ3v) is 4.67. The van der Waals surface area contributed by atoms with Crippen LogP contribution in [0.15, 0.2) is 28.1 Å². The normalized spacial score (nSPS) is 19.6. The summed E-state index contributed by atoms with van der Waals surface area (Å²) in [5.41, 5.74) is 1.86. The summed E-state index contributed by atoms with van der Waals surface area (Å²) < 4.78 is 6.68. The van der Waals surface area contributed by atoms with Gasteiger partial charge in [-0.05, 0) is 12.1 Å². The largest absolute Gasteiger partial charge is 0.368 e. The molecule has 0 aliphatic carbocycles. The number of rotatable bonds is 2. The molecular formula is C13H12BrClN2OS. The van der Waals surface area contributed by atoms with E-state index >= 15 is 0 Å². The number of nitrogens with zero attached hydrogens (tertiary/aromatic N) is 1. The molecule has 2 heterocycles. The van der Waals surface area contributed by atoms with Crippen LogP contribution in [0.5, 0.6) is 0 Å². The molecule has 1 aromatic heterocycles. The summed E-state index contributed by atoms with van der Waals surface area (Å²) in [6, 6.07) is 5.83. The predicted octanol–water partition coefficient (Wildman–Crippen LogP) is 3.89. The first kappa shape index (κ1) is 13.5. The number of aromatic nitrogens is 1. The van der Waals surface area contributed by atoms with Gasteiger partial charge in [-0.1, -0.05) is 33.6 Å². The van der Waals surface area contributed by atoms with Crippen molar-refractivity contribution >= 4 is 38.9 Å². The Labute approximate surface area is 129 Å². The van der Waals surface area contributed by atoms with Crippen LogP contribution in [0.25, 0.3) is 11.3 Å². The van der Waals surface area contributed by atoms with Gasteiger partial charge in [-0.2, -0.15) is 0 Å². The zero-order valence-corrected chi connectivity index (χ0v) is 13.2. The predicted molar refractivity (Wildman–Crippen MR) is 81.8 cm³/mol. The van der Waals surface area contributed by atoms with Crippen LogP contribution in [0, 0.1) is 0 Å². The smallest absolute Gasteiger partial charge is 0.124 e. The fourth-order valence-electron chi connectivity index (χ4n) is 1.98. The second kappa shape index (κ2) is 5.89. The Hall–Kier alpha value is -0.460. The van der Waals surface area contributed by atoms with E-state index in [2.05, 4.69) is 26.2 Å². The molecule has 19 heavy (non-hydrogen) atoms. The molecular weight excluding hydrogens is 348 g/mol. The number of hydrogen-bond donors (Lipinski definition) is 1. The highest BCUT2D eigenvalue weighted by Gasteiger charge is 2.19. The Bertz CT molecular complexity index is 584. The topological polar surface area (TPSA) is 34.1 Å². The van der Waals surface area contributed by atoms with E-state index in [1.807, 2.05) is 23.6 Å². The van der Waals surface area contributed by atoms with Gasteiger partial charge in [0.1, 0.15) is 11.1 Å². The summed E-state index contributed by atoms with van der Waals surface area (Å²) in [6.07, 6.45) is 0.0572. The Morgan fingerprint density at radius 2 is 2.37 bits per heavy atom. The molecule has 0 spiro atoms. The molecule has 0 amide bonds. The molecule has 0 saturated carbocycles. The maximum atomic E-state index is 6.25. The Balaban J connectivity index is 1.87. The summed E-state index contributed by atoms with van der Waals surface area (Å²) in [7, 11) is 0. The van der Waals surface area contributed by atoms with Crippen molar-refractivity contribution in [2.75, 3.05) is 19.7 Å². The van der Waals surface area contributed by atoms with Gasteiger partial charge in [-0.15, -0.1) is 11.3 Å². The SMILES string of the molecule is Clc1cc(Br)ccc1-c1csc(C2CNCCO2)n1. The Morgan fingerprint density at radius 1 is 1.47 bits per heavy atom. The van der Waals surface area contributed by atoms with Crippen LogP contribution in [0.3, 0.4) is 0 Å². The lowest BCUT2D eigenvalue weighted by atomic mass is 10.2. The second-order valence-corrected chi connectivity index (χ2v) is 6.47. The van der Waals surface area contributed by atoms with Crippen LogP contribution in [0.1, 0.15) is 11.1 Å². The molecule has 1 fully saturated rings. The van der Waals surface area contributed by atoms with Gasteiger partial charge < -0.3 is 10.1 Å².